The maximum absolute atomic E-state index is 8.72. The van der Waals surface area contributed by atoms with Crippen molar-refractivity contribution in [3.63, 3.8) is 0 Å². The third kappa shape index (κ3) is 4.70. The number of ether oxygens (including phenoxy) is 1. The quantitative estimate of drug-likeness (QED) is 0.610. The molecule has 0 amide bonds. The third-order valence-corrected chi connectivity index (χ3v) is 3.10. The first-order valence-corrected chi connectivity index (χ1v) is 6.51. The minimum atomic E-state index is 0.209. The SMILES string of the molecule is COc1ccc(CSCCO)cc1C#CCN. The number of nitrogens with two attached hydrogens (primary N) is 1. The van der Waals surface area contributed by atoms with Crippen molar-refractivity contribution < 1.29 is 9.84 Å². The predicted octanol–water partition coefficient (Wildman–Crippen LogP) is 1.23. The molecule has 0 heterocycles. The second-order valence-corrected chi connectivity index (χ2v) is 4.42. The fraction of sp³-hybridized carbons (Fsp3) is 0.385. The maximum Gasteiger partial charge on any atom is 0.134 e. The molecule has 0 saturated heterocycles. The summed E-state index contributed by atoms with van der Waals surface area (Å²) in [6.07, 6.45) is 0. The number of aliphatic hydroxyl groups excluding tert-OH is 1. The van der Waals surface area contributed by atoms with Gasteiger partial charge in [-0.05, 0) is 17.7 Å². The summed E-state index contributed by atoms with van der Waals surface area (Å²) in [7, 11) is 1.63. The van der Waals surface area contributed by atoms with Crippen molar-refractivity contribution in [1.82, 2.24) is 0 Å². The Labute approximate surface area is 106 Å². The van der Waals surface area contributed by atoms with Crippen LogP contribution in [0.1, 0.15) is 11.1 Å². The second kappa shape index (κ2) is 8.02. The molecule has 0 aromatic heterocycles. The van der Waals surface area contributed by atoms with E-state index in [1.165, 1.54) is 5.56 Å². The highest BCUT2D eigenvalue weighted by molar-refractivity contribution is 7.98. The molecule has 0 fully saturated rings. The molecule has 0 bridgehead atoms. The van der Waals surface area contributed by atoms with Gasteiger partial charge in [-0.25, -0.2) is 0 Å². The second-order valence-electron chi connectivity index (χ2n) is 3.32. The van der Waals surface area contributed by atoms with E-state index in [9.17, 15) is 0 Å². The number of hydrogen-bond acceptors (Lipinski definition) is 4. The Bertz CT molecular complexity index is 410. The number of aliphatic hydroxyl groups is 1. The van der Waals surface area contributed by atoms with Crippen LogP contribution in [0.3, 0.4) is 0 Å². The first-order chi connectivity index (χ1) is 8.31. The highest BCUT2D eigenvalue weighted by Gasteiger charge is 2.02. The van der Waals surface area contributed by atoms with Gasteiger partial charge in [-0.3, -0.25) is 0 Å². The topological polar surface area (TPSA) is 55.5 Å². The van der Waals surface area contributed by atoms with Crippen LogP contribution < -0.4 is 10.5 Å². The first kappa shape index (κ1) is 13.9. The van der Waals surface area contributed by atoms with Crippen LogP contribution in [0.5, 0.6) is 5.75 Å². The van der Waals surface area contributed by atoms with E-state index in [1.807, 2.05) is 18.2 Å². The van der Waals surface area contributed by atoms with E-state index in [0.717, 1.165) is 22.8 Å². The normalized spacial score (nSPS) is 9.59. The van der Waals surface area contributed by atoms with Crippen molar-refractivity contribution in [3.05, 3.63) is 29.3 Å². The van der Waals surface area contributed by atoms with Gasteiger partial charge in [-0.1, -0.05) is 17.9 Å². The van der Waals surface area contributed by atoms with Gasteiger partial charge in [-0.15, -0.1) is 0 Å². The zero-order valence-electron chi connectivity index (χ0n) is 9.90. The van der Waals surface area contributed by atoms with Gasteiger partial charge < -0.3 is 15.6 Å². The van der Waals surface area contributed by atoms with E-state index in [4.69, 9.17) is 15.6 Å². The van der Waals surface area contributed by atoms with Crippen LogP contribution in [-0.4, -0.2) is 31.1 Å². The highest BCUT2D eigenvalue weighted by Crippen LogP contribution is 2.21. The number of methoxy groups -OCH3 is 1. The molecule has 1 aromatic rings. The molecule has 1 aromatic carbocycles. The van der Waals surface area contributed by atoms with Gasteiger partial charge in [0.25, 0.3) is 0 Å². The van der Waals surface area contributed by atoms with Crippen molar-refractivity contribution in [2.45, 2.75) is 5.75 Å². The van der Waals surface area contributed by atoms with E-state index in [2.05, 4.69) is 11.8 Å². The standard InChI is InChI=1S/C13H17NO2S/c1-16-13-5-4-11(10-17-8-7-15)9-12(13)3-2-6-14/h4-5,9,15H,6-8,10,14H2,1H3. The van der Waals surface area contributed by atoms with Gasteiger partial charge in [0.1, 0.15) is 5.75 Å². The Morgan fingerprint density at radius 2 is 2.29 bits per heavy atom. The van der Waals surface area contributed by atoms with E-state index in [1.54, 1.807) is 18.9 Å². The number of rotatable bonds is 5. The number of benzene rings is 1. The molecule has 92 valence electrons. The monoisotopic (exact) mass is 251 g/mol. The summed E-state index contributed by atoms with van der Waals surface area (Å²) in [4.78, 5) is 0. The lowest BCUT2D eigenvalue weighted by molar-refractivity contribution is 0.322. The van der Waals surface area contributed by atoms with Crippen molar-refractivity contribution >= 4 is 11.8 Å². The summed E-state index contributed by atoms with van der Waals surface area (Å²) in [6, 6.07) is 5.93. The van der Waals surface area contributed by atoms with Gasteiger partial charge in [0, 0.05) is 11.5 Å². The molecule has 17 heavy (non-hydrogen) atoms. The molecular formula is C13H17NO2S. The van der Waals surface area contributed by atoms with Crippen molar-refractivity contribution in [2.24, 2.45) is 5.73 Å². The zero-order chi connectivity index (χ0) is 12.5. The molecular weight excluding hydrogens is 234 g/mol. The summed E-state index contributed by atoms with van der Waals surface area (Å²) in [5.74, 6) is 8.20. The first-order valence-electron chi connectivity index (χ1n) is 5.36. The van der Waals surface area contributed by atoms with Crippen LogP contribution in [0.25, 0.3) is 0 Å². The fourth-order valence-electron chi connectivity index (χ4n) is 1.34. The summed E-state index contributed by atoms with van der Waals surface area (Å²) in [6.45, 7) is 0.549. The zero-order valence-corrected chi connectivity index (χ0v) is 10.7. The van der Waals surface area contributed by atoms with Crippen LogP contribution in [0, 0.1) is 11.8 Å². The largest absolute Gasteiger partial charge is 0.495 e. The van der Waals surface area contributed by atoms with Crippen molar-refractivity contribution in [3.8, 4) is 17.6 Å². The van der Waals surface area contributed by atoms with E-state index in [0.29, 0.717) is 6.54 Å². The molecule has 0 unspecified atom stereocenters. The van der Waals surface area contributed by atoms with Gasteiger partial charge in [0.2, 0.25) is 0 Å². The van der Waals surface area contributed by atoms with E-state index >= 15 is 0 Å². The summed E-state index contributed by atoms with van der Waals surface area (Å²) in [5.41, 5.74) is 7.39. The van der Waals surface area contributed by atoms with Crippen LogP contribution in [0.2, 0.25) is 0 Å². The van der Waals surface area contributed by atoms with Crippen LogP contribution in [0.4, 0.5) is 0 Å². The van der Waals surface area contributed by atoms with Gasteiger partial charge in [-0.2, -0.15) is 11.8 Å². The lowest BCUT2D eigenvalue weighted by atomic mass is 10.1. The molecule has 0 aliphatic rings. The Balaban J connectivity index is 2.81. The Kier molecular flexibility index (Phi) is 6.56. The number of hydrogen-bond donors (Lipinski definition) is 2. The Morgan fingerprint density at radius 3 is 2.94 bits per heavy atom. The molecule has 0 aliphatic heterocycles. The molecule has 0 saturated carbocycles. The lowest BCUT2D eigenvalue weighted by Crippen LogP contribution is -1.95. The smallest absolute Gasteiger partial charge is 0.134 e. The molecule has 3 N–H and O–H groups in total. The fourth-order valence-corrected chi connectivity index (χ4v) is 2.03. The number of thioether (sulfide) groups is 1. The van der Waals surface area contributed by atoms with Gasteiger partial charge >= 0.3 is 0 Å². The summed E-state index contributed by atoms with van der Waals surface area (Å²) >= 11 is 1.69. The molecule has 1 rings (SSSR count). The third-order valence-electron chi connectivity index (χ3n) is 2.09. The van der Waals surface area contributed by atoms with E-state index in [-0.39, 0.29) is 6.61 Å². The van der Waals surface area contributed by atoms with Crippen molar-refractivity contribution in [1.29, 1.82) is 0 Å². The van der Waals surface area contributed by atoms with Gasteiger partial charge in [0.15, 0.2) is 0 Å². The van der Waals surface area contributed by atoms with Crippen LogP contribution >= 0.6 is 11.8 Å². The summed E-state index contributed by atoms with van der Waals surface area (Å²) < 4.78 is 5.23. The molecule has 3 nitrogen and oxygen atoms in total. The minimum Gasteiger partial charge on any atom is -0.495 e. The maximum atomic E-state index is 8.72. The predicted molar refractivity (Wildman–Crippen MR) is 72.2 cm³/mol. The van der Waals surface area contributed by atoms with E-state index < -0.39 is 0 Å². The molecule has 0 radical (unpaired) electrons. The van der Waals surface area contributed by atoms with Crippen LogP contribution in [0.15, 0.2) is 18.2 Å². The molecule has 0 atom stereocenters. The highest BCUT2D eigenvalue weighted by atomic mass is 32.2. The average molecular weight is 251 g/mol. The van der Waals surface area contributed by atoms with Crippen LogP contribution in [-0.2, 0) is 5.75 Å². The van der Waals surface area contributed by atoms with Gasteiger partial charge in [0.05, 0.1) is 25.8 Å². The summed E-state index contributed by atoms with van der Waals surface area (Å²) in [5, 5.41) is 8.72. The van der Waals surface area contributed by atoms with Crippen molar-refractivity contribution in [2.75, 3.05) is 26.0 Å². The molecule has 0 aliphatic carbocycles. The molecule has 0 spiro atoms. The average Bonchev–Trinajstić information content (AvgIpc) is 2.37. The lowest BCUT2D eigenvalue weighted by Gasteiger charge is -2.06. The molecule has 4 heteroatoms. The minimum absolute atomic E-state index is 0.209. The Hall–Kier alpha value is -1.15. The Morgan fingerprint density at radius 1 is 1.47 bits per heavy atom.